The van der Waals surface area contributed by atoms with Crippen LogP contribution in [0.2, 0.25) is 0 Å². The first-order valence-electron chi connectivity index (χ1n) is 7.57. The van der Waals surface area contributed by atoms with E-state index in [1.807, 2.05) is 49.4 Å². The number of hydrogen-bond donors (Lipinski definition) is 1. The van der Waals surface area contributed by atoms with Crippen LogP contribution in [0.25, 0.3) is 11.0 Å². The maximum atomic E-state index is 12.3. The first-order valence-corrected chi connectivity index (χ1v) is 7.57. The van der Waals surface area contributed by atoms with E-state index in [0.29, 0.717) is 18.7 Å². The Labute approximate surface area is 134 Å². The summed E-state index contributed by atoms with van der Waals surface area (Å²) in [7, 11) is 1.76. The monoisotopic (exact) mass is 309 g/mol. The lowest BCUT2D eigenvalue weighted by molar-refractivity contribution is 0.0952. The van der Waals surface area contributed by atoms with Crippen LogP contribution in [-0.4, -0.2) is 21.6 Å². The van der Waals surface area contributed by atoms with Gasteiger partial charge >= 0.3 is 5.69 Å². The van der Waals surface area contributed by atoms with E-state index in [1.54, 1.807) is 22.2 Å². The fraction of sp³-hybridized carbons (Fsp3) is 0.222. The van der Waals surface area contributed by atoms with Gasteiger partial charge < -0.3 is 5.32 Å². The van der Waals surface area contributed by atoms with Crippen LogP contribution >= 0.6 is 0 Å². The number of imidazole rings is 1. The molecule has 0 fully saturated rings. The Morgan fingerprint density at radius 3 is 2.57 bits per heavy atom. The lowest BCUT2D eigenvalue weighted by Crippen LogP contribution is -2.31. The molecule has 0 unspecified atom stereocenters. The van der Waals surface area contributed by atoms with Gasteiger partial charge in [-0.25, -0.2) is 4.79 Å². The lowest BCUT2D eigenvalue weighted by Gasteiger charge is -2.07. The molecule has 23 heavy (non-hydrogen) atoms. The third-order valence-electron chi connectivity index (χ3n) is 3.95. The number of fused-ring (bicyclic) bond motifs is 1. The minimum absolute atomic E-state index is 0.0731. The van der Waals surface area contributed by atoms with Crippen LogP contribution in [0.3, 0.4) is 0 Å². The standard InChI is InChI=1S/C18H19N3O2/c1-13-6-5-7-14(12-13)17(22)19-10-11-21-16-9-4-3-8-15(16)20(2)18(21)23/h3-9,12H,10-11H2,1-2H3,(H,19,22). The van der Waals surface area contributed by atoms with Crippen molar-refractivity contribution < 1.29 is 4.79 Å². The smallest absolute Gasteiger partial charge is 0.328 e. The van der Waals surface area contributed by atoms with Crippen LogP contribution in [-0.2, 0) is 13.6 Å². The Morgan fingerprint density at radius 1 is 1.09 bits per heavy atom. The second kappa shape index (κ2) is 6.12. The van der Waals surface area contributed by atoms with Gasteiger partial charge in [0.15, 0.2) is 0 Å². The number of aromatic nitrogens is 2. The Kier molecular flexibility index (Phi) is 4.02. The third-order valence-corrected chi connectivity index (χ3v) is 3.95. The van der Waals surface area contributed by atoms with E-state index in [2.05, 4.69) is 5.32 Å². The molecule has 3 aromatic rings. The number of hydrogen-bond acceptors (Lipinski definition) is 2. The number of carbonyl (C=O) groups excluding carboxylic acids is 1. The van der Waals surface area contributed by atoms with E-state index in [-0.39, 0.29) is 11.6 Å². The highest BCUT2D eigenvalue weighted by molar-refractivity contribution is 5.94. The van der Waals surface area contributed by atoms with Gasteiger partial charge in [0.25, 0.3) is 5.91 Å². The highest BCUT2D eigenvalue weighted by atomic mass is 16.2. The fourth-order valence-electron chi connectivity index (χ4n) is 2.75. The number of nitrogens with zero attached hydrogens (tertiary/aromatic N) is 2. The number of amides is 1. The number of nitrogens with one attached hydrogen (secondary N) is 1. The van der Waals surface area contributed by atoms with Crippen molar-refractivity contribution in [1.82, 2.24) is 14.5 Å². The molecule has 118 valence electrons. The number of rotatable bonds is 4. The minimum atomic E-state index is -0.123. The van der Waals surface area contributed by atoms with E-state index in [4.69, 9.17) is 0 Å². The molecule has 0 saturated heterocycles. The molecule has 1 aromatic heterocycles. The molecule has 0 bridgehead atoms. The second-order valence-corrected chi connectivity index (χ2v) is 5.61. The van der Waals surface area contributed by atoms with Crippen molar-refractivity contribution >= 4 is 16.9 Å². The van der Waals surface area contributed by atoms with Crippen LogP contribution in [0.1, 0.15) is 15.9 Å². The largest absolute Gasteiger partial charge is 0.350 e. The Morgan fingerprint density at radius 2 is 1.83 bits per heavy atom. The van der Waals surface area contributed by atoms with Crippen LogP contribution in [0.4, 0.5) is 0 Å². The van der Waals surface area contributed by atoms with Crippen LogP contribution in [0.15, 0.2) is 53.3 Å². The maximum absolute atomic E-state index is 12.3. The van der Waals surface area contributed by atoms with Gasteiger partial charge in [0.2, 0.25) is 0 Å². The molecule has 1 heterocycles. The number of carbonyl (C=O) groups is 1. The van der Waals surface area contributed by atoms with Gasteiger partial charge in [-0.1, -0.05) is 29.8 Å². The third kappa shape index (κ3) is 2.90. The average Bonchev–Trinajstić information content (AvgIpc) is 2.80. The Balaban J connectivity index is 1.73. The van der Waals surface area contributed by atoms with Gasteiger partial charge in [0.05, 0.1) is 11.0 Å². The fourth-order valence-corrected chi connectivity index (χ4v) is 2.75. The van der Waals surface area contributed by atoms with Crippen molar-refractivity contribution in [3.05, 3.63) is 70.1 Å². The highest BCUT2D eigenvalue weighted by Crippen LogP contribution is 2.11. The molecule has 5 nitrogen and oxygen atoms in total. The zero-order chi connectivity index (χ0) is 16.4. The van der Waals surface area contributed by atoms with E-state index < -0.39 is 0 Å². The normalized spacial score (nSPS) is 10.9. The van der Waals surface area contributed by atoms with Gasteiger partial charge in [-0.15, -0.1) is 0 Å². The average molecular weight is 309 g/mol. The van der Waals surface area contributed by atoms with Gasteiger partial charge in [-0.2, -0.15) is 0 Å². The molecule has 1 N–H and O–H groups in total. The zero-order valence-electron chi connectivity index (χ0n) is 13.2. The lowest BCUT2D eigenvalue weighted by atomic mass is 10.1. The first-order chi connectivity index (χ1) is 11.1. The molecule has 2 aromatic carbocycles. The molecule has 0 radical (unpaired) electrons. The van der Waals surface area contributed by atoms with Crippen molar-refractivity contribution in [3.8, 4) is 0 Å². The second-order valence-electron chi connectivity index (χ2n) is 5.61. The van der Waals surface area contributed by atoms with E-state index in [9.17, 15) is 9.59 Å². The highest BCUT2D eigenvalue weighted by Gasteiger charge is 2.10. The van der Waals surface area contributed by atoms with Crippen LogP contribution < -0.4 is 11.0 Å². The van der Waals surface area contributed by atoms with Gasteiger partial charge in [-0.05, 0) is 31.2 Å². The van der Waals surface area contributed by atoms with Gasteiger partial charge in [-0.3, -0.25) is 13.9 Å². The summed E-state index contributed by atoms with van der Waals surface area (Å²) >= 11 is 0. The predicted molar refractivity (Wildman–Crippen MR) is 90.7 cm³/mol. The van der Waals surface area contributed by atoms with E-state index in [1.165, 1.54) is 0 Å². The Hall–Kier alpha value is -2.82. The SMILES string of the molecule is Cc1cccc(C(=O)NCCn2c(=O)n(C)c3ccccc32)c1. The van der Waals surface area contributed by atoms with Crippen molar-refractivity contribution in [3.63, 3.8) is 0 Å². The quantitative estimate of drug-likeness (QED) is 0.802. The van der Waals surface area contributed by atoms with Crippen LogP contribution in [0, 0.1) is 6.92 Å². The molecule has 1 amide bonds. The topological polar surface area (TPSA) is 56.0 Å². The molecule has 0 aliphatic carbocycles. The van der Waals surface area contributed by atoms with E-state index in [0.717, 1.165) is 16.6 Å². The summed E-state index contributed by atoms with van der Waals surface area (Å²) in [5, 5.41) is 2.87. The molecular formula is C18H19N3O2. The summed E-state index contributed by atoms with van der Waals surface area (Å²) < 4.78 is 3.31. The summed E-state index contributed by atoms with van der Waals surface area (Å²) in [6.07, 6.45) is 0. The Bertz CT molecular complexity index is 921. The summed E-state index contributed by atoms with van der Waals surface area (Å²) in [5.74, 6) is -0.123. The number of benzene rings is 2. The minimum Gasteiger partial charge on any atom is -0.350 e. The predicted octanol–water partition coefficient (Wildman–Crippen LogP) is 2.08. The molecule has 0 aliphatic heterocycles. The zero-order valence-corrected chi connectivity index (χ0v) is 13.2. The molecule has 3 rings (SSSR count). The van der Waals surface area contributed by atoms with Crippen molar-refractivity contribution in [2.75, 3.05) is 6.54 Å². The number of aryl methyl sites for hydroxylation is 2. The van der Waals surface area contributed by atoms with Crippen molar-refractivity contribution in [2.24, 2.45) is 7.05 Å². The van der Waals surface area contributed by atoms with Crippen molar-refractivity contribution in [1.29, 1.82) is 0 Å². The summed E-state index contributed by atoms with van der Waals surface area (Å²) in [4.78, 5) is 24.4. The summed E-state index contributed by atoms with van der Waals surface area (Å²) in [6, 6.07) is 15.1. The molecular weight excluding hydrogens is 290 g/mol. The molecule has 0 aliphatic rings. The molecule has 0 atom stereocenters. The van der Waals surface area contributed by atoms with Crippen molar-refractivity contribution in [2.45, 2.75) is 13.5 Å². The molecule has 0 saturated carbocycles. The summed E-state index contributed by atoms with van der Waals surface area (Å²) in [5.41, 5.74) is 3.38. The molecule has 5 heteroatoms. The maximum Gasteiger partial charge on any atom is 0.328 e. The van der Waals surface area contributed by atoms with Crippen LogP contribution in [0.5, 0.6) is 0 Å². The van der Waals surface area contributed by atoms with Gasteiger partial charge in [0.1, 0.15) is 0 Å². The number of para-hydroxylation sites is 2. The molecule has 0 spiro atoms. The first kappa shape index (κ1) is 15.1. The summed E-state index contributed by atoms with van der Waals surface area (Å²) in [6.45, 7) is 2.80. The van der Waals surface area contributed by atoms with Gasteiger partial charge in [0, 0.05) is 25.7 Å². The van der Waals surface area contributed by atoms with E-state index >= 15 is 0 Å².